The van der Waals surface area contributed by atoms with Gasteiger partial charge in [0.2, 0.25) is 0 Å². The van der Waals surface area contributed by atoms with Gasteiger partial charge in [0, 0.05) is 0 Å². The minimum Gasteiger partial charge on any atom is 2.00 e. The first-order chi connectivity index (χ1) is 6.29. The summed E-state index contributed by atoms with van der Waals surface area (Å²) in [6.07, 6.45) is 0. The van der Waals surface area contributed by atoms with Crippen molar-refractivity contribution < 1.29 is 63.3 Å². The first-order valence-electron chi connectivity index (χ1n) is 2.34. The van der Waals surface area contributed by atoms with Gasteiger partial charge in [0.15, 0.2) is 0 Å². The van der Waals surface area contributed by atoms with Gasteiger partial charge >= 0.3 is 69.2 Å². The van der Waals surface area contributed by atoms with Gasteiger partial charge in [-0.15, -0.1) is 0 Å². The van der Waals surface area contributed by atoms with Crippen molar-refractivity contribution in [2.24, 2.45) is 0 Å². The van der Waals surface area contributed by atoms with Crippen LogP contribution in [0.4, 0.5) is 0 Å². The maximum Gasteiger partial charge on any atom is 2.00 e. The molecule has 15 heavy (non-hydrogen) atoms. The van der Waals surface area contributed by atoms with E-state index in [1.54, 1.807) is 0 Å². The second-order valence-electron chi connectivity index (χ2n) is 1.15. The summed E-state index contributed by atoms with van der Waals surface area (Å²) in [5, 5.41) is 35.7. The van der Waals surface area contributed by atoms with Crippen molar-refractivity contribution in [3.05, 3.63) is 0 Å². The number of rotatable bonds is 0. The van der Waals surface area contributed by atoms with E-state index in [2.05, 4.69) is 0 Å². The summed E-state index contributed by atoms with van der Waals surface area (Å²) in [4.78, 5) is 35.7. The molecule has 0 saturated heterocycles. The fourth-order valence-corrected chi connectivity index (χ4v) is 0. The molecule has 0 aromatic carbocycles. The summed E-state index contributed by atoms with van der Waals surface area (Å²) < 4.78 is 8.25. The molecule has 0 aliphatic rings. The monoisotopic (exact) mass is 328 g/mol. The van der Waals surface area contributed by atoms with Crippen molar-refractivity contribution >= 4 is 69.4 Å². The van der Waals surface area contributed by atoms with Crippen molar-refractivity contribution in [2.45, 2.75) is 0 Å². The molecule has 0 aromatic rings. The van der Waals surface area contributed by atoms with Gasteiger partial charge < -0.3 is 39.6 Å². The molecule has 0 spiro atoms. The Balaban J connectivity index is -0.0000000653. The Morgan fingerprint density at radius 3 is 0.667 bits per heavy atom. The summed E-state index contributed by atoms with van der Waals surface area (Å²) in [6.45, 7) is 0. The Morgan fingerprint density at radius 1 is 0.600 bits per heavy atom. The van der Waals surface area contributed by atoms with E-state index in [4.69, 9.17) is 42.9 Å². The number of carboxylic acids is 4. The van der Waals surface area contributed by atoms with E-state index in [0.29, 0.717) is 0 Å². The van der Waals surface area contributed by atoms with E-state index in [-0.39, 0.29) is 45.5 Å². The molecule has 0 radical (unpaired) electrons. The second kappa shape index (κ2) is 16.3. The van der Waals surface area contributed by atoms with Crippen LogP contribution in [-0.2, 0) is 42.9 Å². The molecule has 0 atom stereocenters. The van der Waals surface area contributed by atoms with Crippen molar-refractivity contribution in [1.82, 2.24) is 0 Å². The third kappa shape index (κ3) is 31.6. The minimum absolute atomic E-state index is 0. The van der Waals surface area contributed by atoms with Gasteiger partial charge in [-0.3, -0.25) is 0 Å². The Kier molecular flexibility index (Phi) is 26.3. The molecule has 0 fully saturated rings. The fourth-order valence-electron chi connectivity index (χ4n) is 0. The molecular formula is C4O9SrTi. The molecule has 0 bridgehead atoms. The van der Waals surface area contributed by atoms with Gasteiger partial charge in [0.1, 0.15) is 0 Å². The van der Waals surface area contributed by atoms with Crippen LogP contribution in [0.2, 0.25) is 0 Å². The third-order valence-electron chi connectivity index (χ3n) is 0.333. The van der Waals surface area contributed by atoms with Crippen molar-refractivity contribution in [2.75, 3.05) is 0 Å². The number of hydrogen-bond donors (Lipinski definition) is 0. The Bertz CT molecular complexity index is 190. The van der Waals surface area contributed by atoms with Gasteiger partial charge in [-0.05, 0) is 0 Å². The number of carboxylic acid groups (broad SMARTS) is 4. The molecule has 0 amide bonds. The van der Waals surface area contributed by atoms with Crippen LogP contribution in [0.3, 0.4) is 0 Å². The quantitative estimate of drug-likeness (QED) is 0.308. The maximum atomic E-state index is 8.93. The zero-order valence-corrected chi connectivity index (χ0v) is 11.9. The standard InChI is InChI=1S/2C2H2O4.O.Sr.Ti/c2*3-1(4)2(5)6;;;/h2*(H,3,4)(H,5,6);;;/q;;;2*+2/p-4. The number of hydrogen-bond acceptors (Lipinski definition) is 9. The second-order valence-corrected chi connectivity index (χ2v) is 1.15. The molecule has 0 saturated carbocycles. The van der Waals surface area contributed by atoms with Crippen LogP contribution in [0.15, 0.2) is 0 Å². The van der Waals surface area contributed by atoms with Crippen molar-refractivity contribution in [3.8, 4) is 0 Å². The molecular weight excluding hydrogens is 328 g/mol. The van der Waals surface area contributed by atoms with E-state index in [0.717, 1.165) is 20.4 Å². The van der Waals surface area contributed by atoms with Gasteiger partial charge in [0.05, 0.1) is 23.9 Å². The van der Waals surface area contributed by atoms with E-state index in [1.165, 1.54) is 0 Å². The van der Waals surface area contributed by atoms with Crippen LogP contribution in [0.25, 0.3) is 0 Å². The van der Waals surface area contributed by atoms with Gasteiger partial charge in [0.25, 0.3) is 0 Å². The predicted octanol–water partition coefficient (Wildman–Crippen LogP) is -7.53. The topological polar surface area (TPSA) is 178 Å². The smallest absolute Gasteiger partial charge is 2.00 e. The van der Waals surface area contributed by atoms with Crippen LogP contribution in [-0.4, -0.2) is 69.4 Å². The molecule has 0 aromatic heterocycles. The molecule has 11 heteroatoms. The average molecular weight is 328 g/mol. The summed E-state index contributed by atoms with van der Waals surface area (Å²) in [5.41, 5.74) is 0. The number of carbonyl (C=O) groups excluding carboxylic acids is 4. The van der Waals surface area contributed by atoms with Crippen molar-refractivity contribution in [3.63, 3.8) is 0 Å². The predicted molar refractivity (Wildman–Crippen MR) is 26.5 cm³/mol. The molecule has 0 heterocycles. The van der Waals surface area contributed by atoms with E-state index in [9.17, 15) is 0 Å². The summed E-state index contributed by atoms with van der Waals surface area (Å²) in [5.74, 6) is -8.74. The van der Waals surface area contributed by atoms with Crippen LogP contribution >= 0.6 is 0 Å². The van der Waals surface area contributed by atoms with E-state index >= 15 is 0 Å². The first-order valence-corrected chi connectivity index (χ1v) is 2.97. The molecule has 0 rings (SSSR count). The SMILES string of the molecule is O=C([O-])C(=O)[O-].O=C([O-])C(=O)[O-].[O]=[Ti+2].[Sr+2]. The Morgan fingerprint density at radius 2 is 0.667 bits per heavy atom. The zero-order chi connectivity index (χ0) is 12.3. The molecule has 0 unspecified atom stereocenters. The Hall–Kier alpha value is -0.125. The maximum absolute atomic E-state index is 8.93. The van der Waals surface area contributed by atoms with E-state index in [1.807, 2.05) is 0 Å². The average Bonchev–Trinajstić information content (AvgIpc) is 2.08. The summed E-state index contributed by atoms with van der Waals surface area (Å²) in [7, 11) is 0. The van der Waals surface area contributed by atoms with Crippen molar-refractivity contribution in [1.29, 1.82) is 0 Å². The van der Waals surface area contributed by atoms with E-state index < -0.39 is 23.9 Å². The summed E-state index contributed by atoms with van der Waals surface area (Å²) >= 11 is 0.750. The normalized spacial score (nSPS) is 6.27. The number of carbonyl (C=O) groups is 4. The first kappa shape index (κ1) is 24.2. The van der Waals surface area contributed by atoms with Crippen LogP contribution < -0.4 is 20.4 Å². The van der Waals surface area contributed by atoms with Crippen LogP contribution in [0, 0.1) is 0 Å². The summed E-state index contributed by atoms with van der Waals surface area (Å²) in [6, 6.07) is 0. The van der Waals surface area contributed by atoms with Crippen LogP contribution in [0.5, 0.6) is 0 Å². The Labute approximate surface area is 131 Å². The molecule has 0 N–H and O–H groups in total. The molecule has 0 aliphatic heterocycles. The largest absolute Gasteiger partial charge is 2.00 e. The zero-order valence-electron chi connectivity index (χ0n) is 6.88. The fraction of sp³-hybridized carbons (Fsp3) is 0. The van der Waals surface area contributed by atoms with Gasteiger partial charge in [-0.2, -0.15) is 0 Å². The number of aliphatic carboxylic acids is 4. The van der Waals surface area contributed by atoms with Gasteiger partial charge in [-0.1, -0.05) is 0 Å². The third-order valence-corrected chi connectivity index (χ3v) is 0.333. The molecule has 9 nitrogen and oxygen atoms in total. The minimum atomic E-state index is -2.19. The molecule has 76 valence electrons. The van der Waals surface area contributed by atoms with Crippen LogP contribution in [0.1, 0.15) is 0 Å². The molecule has 0 aliphatic carbocycles. The van der Waals surface area contributed by atoms with Gasteiger partial charge in [-0.25, -0.2) is 0 Å².